The number of fused-ring (bicyclic) bond motifs is 2. The fourth-order valence-corrected chi connectivity index (χ4v) is 10.8. The van der Waals surface area contributed by atoms with Gasteiger partial charge in [-0.25, -0.2) is 9.78 Å². The average molecular weight is 940 g/mol. The molecular weight excluding hydrogens is 863 g/mol. The van der Waals surface area contributed by atoms with Crippen LogP contribution in [-0.4, -0.2) is 130 Å². The Bertz CT molecular complexity index is 2160. The van der Waals surface area contributed by atoms with E-state index < -0.39 is 54.0 Å². The molecule has 1 saturated carbocycles. The van der Waals surface area contributed by atoms with Gasteiger partial charge in [0, 0.05) is 33.9 Å². The summed E-state index contributed by atoms with van der Waals surface area (Å²) in [5.41, 5.74) is 2.16. The normalized spacial score (nSPS) is 22.2. The van der Waals surface area contributed by atoms with E-state index in [0.29, 0.717) is 31.6 Å². The zero-order chi connectivity index (χ0) is 49.4. The number of imidazole rings is 1. The van der Waals surface area contributed by atoms with Crippen LogP contribution >= 0.6 is 0 Å². The van der Waals surface area contributed by atoms with Crippen molar-refractivity contribution in [1.29, 1.82) is 0 Å². The summed E-state index contributed by atoms with van der Waals surface area (Å²) < 4.78 is 18.0. The molecule has 11 atom stereocenters. The van der Waals surface area contributed by atoms with E-state index in [0.717, 1.165) is 42.5 Å². The van der Waals surface area contributed by atoms with Crippen molar-refractivity contribution in [3.05, 3.63) is 78.2 Å². The number of aromatic nitrogens is 2. The first kappa shape index (κ1) is 52.1. The molecule has 15 heteroatoms. The number of nitrogens with one attached hydrogen (secondary N) is 3. The highest BCUT2D eigenvalue weighted by Crippen LogP contribution is 2.43. The van der Waals surface area contributed by atoms with Crippen molar-refractivity contribution in [2.24, 2.45) is 23.7 Å². The van der Waals surface area contributed by atoms with E-state index in [4.69, 9.17) is 19.2 Å². The van der Waals surface area contributed by atoms with Crippen LogP contribution in [0.5, 0.6) is 0 Å². The van der Waals surface area contributed by atoms with Crippen LogP contribution < -0.4 is 10.6 Å². The van der Waals surface area contributed by atoms with E-state index in [-0.39, 0.29) is 59.9 Å². The summed E-state index contributed by atoms with van der Waals surface area (Å²) in [6.45, 7) is 15.6. The van der Waals surface area contributed by atoms with Gasteiger partial charge >= 0.3 is 6.09 Å². The van der Waals surface area contributed by atoms with Gasteiger partial charge in [-0.15, -0.1) is 0 Å². The number of nitrogens with zero attached hydrogens (tertiary/aromatic N) is 4. The number of methoxy groups -OCH3 is 2. The molecule has 0 radical (unpaired) electrons. The summed E-state index contributed by atoms with van der Waals surface area (Å²) in [6.07, 6.45) is 4.95. The molecule has 3 heterocycles. The first-order valence-electron chi connectivity index (χ1n) is 24.7. The number of amides is 5. The third-order valence-corrected chi connectivity index (χ3v) is 14.6. The van der Waals surface area contributed by atoms with E-state index in [2.05, 4.69) is 15.6 Å². The lowest BCUT2D eigenvalue weighted by Gasteiger charge is -2.41. The standard InChI is InChI=1S/C53H77N7O8/c1-12-33(4)45(58(9)51(64)44(32(2)3)57-50(63)46-37-25-26-38(29-37)60(46)52(65)68-53(6,7)8)42(66-10)30-43(61)59-27-19-24-41(59)47(67-11)34(5)49(62)56-39(28-35-20-15-13-16-21-35)48-54-31-40(55-48)36-22-17-14-18-23-36/h13-18,20-23,31-34,37-39,41-42,44-47H,12,19,24-30H2,1-11H3,(H,54,55)(H,56,62)(H,57,63)/t33-,34+,37?,38?,39-,41-,42+,44-,45-,46?,47+/m0/s1. The summed E-state index contributed by atoms with van der Waals surface area (Å²) in [5.74, 6) is -1.39. The van der Waals surface area contributed by atoms with Crippen LogP contribution in [0.1, 0.15) is 118 Å². The number of aromatic amines is 1. The predicted molar refractivity (Wildman–Crippen MR) is 261 cm³/mol. The molecule has 2 aromatic carbocycles. The molecule has 372 valence electrons. The number of carbonyl (C=O) groups excluding carboxylic acids is 5. The summed E-state index contributed by atoms with van der Waals surface area (Å²) >= 11 is 0. The smallest absolute Gasteiger partial charge is 0.411 e. The zero-order valence-corrected chi connectivity index (χ0v) is 42.2. The van der Waals surface area contributed by atoms with Crippen molar-refractivity contribution >= 4 is 29.7 Å². The maximum absolute atomic E-state index is 14.7. The molecule has 3 fully saturated rings. The fourth-order valence-electron chi connectivity index (χ4n) is 10.8. The summed E-state index contributed by atoms with van der Waals surface area (Å²) in [7, 11) is 4.87. The quantitative estimate of drug-likeness (QED) is 0.105. The lowest BCUT2D eigenvalue weighted by molar-refractivity contribution is -0.148. The molecule has 6 rings (SSSR count). The highest BCUT2D eigenvalue weighted by molar-refractivity contribution is 5.92. The third-order valence-electron chi connectivity index (χ3n) is 14.6. The molecule has 2 bridgehead atoms. The van der Waals surface area contributed by atoms with Crippen LogP contribution in [-0.2, 0) is 39.8 Å². The van der Waals surface area contributed by atoms with Gasteiger partial charge in [-0.3, -0.25) is 24.1 Å². The molecule has 3 aliphatic rings. The average Bonchev–Trinajstić information content (AvgIpc) is 4.16. The van der Waals surface area contributed by atoms with E-state index in [9.17, 15) is 24.0 Å². The van der Waals surface area contributed by atoms with Gasteiger partial charge < -0.3 is 39.6 Å². The number of piperidine rings is 1. The Morgan fingerprint density at radius 3 is 2.21 bits per heavy atom. The Balaban J connectivity index is 1.15. The number of hydrogen-bond donors (Lipinski definition) is 3. The minimum absolute atomic E-state index is 0.00722. The largest absolute Gasteiger partial charge is 0.444 e. The molecule has 3 N–H and O–H groups in total. The van der Waals surface area contributed by atoms with Crippen LogP contribution in [0, 0.1) is 23.7 Å². The van der Waals surface area contributed by atoms with Gasteiger partial charge in [0.15, 0.2) is 0 Å². The number of benzene rings is 2. The summed E-state index contributed by atoms with van der Waals surface area (Å²) in [6, 6.07) is 16.8. The van der Waals surface area contributed by atoms with Gasteiger partial charge in [0.1, 0.15) is 23.5 Å². The molecule has 0 spiro atoms. The van der Waals surface area contributed by atoms with Crippen molar-refractivity contribution in [2.75, 3.05) is 27.8 Å². The first-order valence-corrected chi connectivity index (χ1v) is 24.7. The van der Waals surface area contributed by atoms with Crippen LogP contribution in [0.3, 0.4) is 0 Å². The molecule has 15 nitrogen and oxygen atoms in total. The molecule has 2 aliphatic heterocycles. The summed E-state index contributed by atoms with van der Waals surface area (Å²) in [5, 5.41) is 6.33. The molecule has 1 aliphatic carbocycles. The Morgan fingerprint density at radius 2 is 1.59 bits per heavy atom. The fraction of sp³-hybridized carbons (Fsp3) is 0.623. The number of carbonyl (C=O) groups is 5. The number of hydrogen-bond acceptors (Lipinski definition) is 9. The Kier molecular flexibility index (Phi) is 17.5. The maximum Gasteiger partial charge on any atom is 0.411 e. The topological polar surface area (TPSA) is 175 Å². The van der Waals surface area contributed by atoms with E-state index in [1.807, 2.05) is 121 Å². The van der Waals surface area contributed by atoms with Crippen molar-refractivity contribution < 1.29 is 38.2 Å². The summed E-state index contributed by atoms with van der Waals surface area (Å²) in [4.78, 5) is 84.4. The van der Waals surface area contributed by atoms with E-state index in [1.165, 1.54) is 0 Å². The molecule has 5 amide bonds. The maximum atomic E-state index is 14.7. The predicted octanol–water partition coefficient (Wildman–Crippen LogP) is 7.33. The van der Waals surface area contributed by atoms with Crippen LogP contribution in [0.25, 0.3) is 11.3 Å². The Morgan fingerprint density at radius 1 is 0.912 bits per heavy atom. The minimum Gasteiger partial charge on any atom is -0.444 e. The van der Waals surface area contributed by atoms with Gasteiger partial charge in [-0.2, -0.15) is 0 Å². The second-order valence-electron chi connectivity index (χ2n) is 20.7. The molecular formula is C53H77N7O8. The molecule has 1 aromatic heterocycles. The second-order valence-corrected chi connectivity index (χ2v) is 20.7. The van der Waals surface area contributed by atoms with Crippen LogP contribution in [0.15, 0.2) is 66.9 Å². The highest BCUT2D eigenvalue weighted by Gasteiger charge is 2.53. The lowest BCUT2D eigenvalue weighted by atomic mass is 9.89. The number of likely N-dealkylation sites (N-methyl/N-ethyl adjacent to an activating group) is 1. The highest BCUT2D eigenvalue weighted by atomic mass is 16.6. The lowest BCUT2D eigenvalue weighted by Crippen LogP contribution is -2.61. The number of ether oxygens (including phenoxy) is 3. The van der Waals surface area contributed by atoms with E-state index >= 15 is 0 Å². The molecule has 68 heavy (non-hydrogen) atoms. The minimum atomic E-state index is -0.893. The van der Waals surface area contributed by atoms with Gasteiger partial charge in [0.2, 0.25) is 23.6 Å². The monoisotopic (exact) mass is 940 g/mol. The molecule has 3 aromatic rings. The Hall–Kier alpha value is -5.28. The van der Waals surface area contributed by atoms with Crippen molar-refractivity contribution in [2.45, 2.75) is 161 Å². The number of H-pyrrole nitrogens is 1. The number of likely N-dealkylation sites (tertiary alicyclic amines) is 2. The Labute approximate surface area is 403 Å². The van der Waals surface area contributed by atoms with Gasteiger partial charge in [-0.1, -0.05) is 102 Å². The van der Waals surface area contributed by atoms with Crippen molar-refractivity contribution in [1.82, 2.24) is 35.3 Å². The SMILES string of the molecule is CC[C@H](C)[C@@H]([C@@H](CC(=O)N1CCC[C@H]1[C@H](OC)[C@@H](C)C(=O)N[C@@H](Cc1ccccc1)c1ncc(-c2ccccc2)[nH]1)OC)N(C)C(=O)[C@@H](NC(=O)C1C2CCC(C2)N1C(=O)OC(C)(C)C)C(C)C. The number of rotatable bonds is 20. The zero-order valence-electron chi connectivity index (χ0n) is 42.2. The molecule has 2 saturated heterocycles. The first-order chi connectivity index (χ1) is 32.4. The van der Waals surface area contributed by atoms with Crippen molar-refractivity contribution in [3.8, 4) is 11.3 Å². The van der Waals surface area contributed by atoms with E-state index in [1.54, 1.807) is 37.3 Å². The van der Waals surface area contributed by atoms with Crippen molar-refractivity contribution in [3.63, 3.8) is 0 Å². The third kappa shape index (κ3) is 12.1. The van der Waals surface area contributed by atoms with Crippen LogP contribution in [0.4, 0.5) is 4.79 Å². The van der Waals surface area contributed by atoms with Crippen LogP contribution in [0.2, 0.25) is 0 Å². The molecule has 3 unspecified atom stereocenters. The van der Waals surface area contributed by atoms with Gasteiger partial charge in [0.05, 0.1) is 54.6 Å². The van der Waals surface area contributed by atoms with Gasteiger partial charge in [-0.05, 0) is 88.2 Å². The second kappa shape index (κ2) is 22.9. The van der Waals surface area contributed by atoms with Gasteiger partial charge in [0.25, 0.3) is 0 Å².